The Labute approximate surface area is 146 Å². The maximum absolute atomic E-state index is 12.4. The fraction of sp³-hybridized carbons (Fsp3) is 0.444. The van der Waals surface area contributed by atoms with Gasteiger partial charge >= 0.3 is 0 Å². The van der Waals surface area contributed by atoms with E-state index in [0.29, 0.717) is 12.5 Å². The van der Waals surface area contributed by atoms with Crippen LogP contribution in [0.15, 0.2) is 42.9 Å². The van der Waals surface area contributed by atoms with Crippen LogP contribution in [-0.2, 0) is 16.1 Å². The Kier molecular flexibility index (Phi) is 4.56. The first kappa shape index (κ1) is 16.0. The van der Waals surface area contributed by atoms with Gasteiger partial charge in [0.25, 0.3) is 0 Å². The number of ether oxygens (including phenoxy) is 1. The lowest BCUT2D eigenvalue weighted by Gasteiger charge is -2.33. The first-order valence-electron chi connectivity index (χ1n) is 8.64. The molecule has 2 aliphatic heterocycles. The van der Waals surface area contributed by atoms with Gasteiger partial charge in [-0.15, -0.1) is 0 Å². The second-order valence-corrected chi connectivity index (χ2v) is 6.48. The Bertz CT molecular complexity index is 712. The minimum atomic E-state index is -0.379. The summed E-state index contributed by atoms with van der Waals surface area (Å²) in [6.45, 7) is 2.06. The molecule has 0 unspecified atom stereocenters. The van der Waals surface area contributed by atoms with Gasteiger partial charge in [0, 0.05) is 31.7 Å². The van der Waals surface area contributed by atoms with E-state index in [1.165, 1.54) is 0 Å². The summed E-state index contributed by atoms with van der Waals surface area (Å²) in [6, 6.07) is 7.48. The average Bonchev–Trinajstić information content (AvgIpc) is 3.11. The van der Waals surface area contributed by atoms with Gasteiger partial charge in [0.05, 0.1) is 18.3 Å². The number of anilines is 1. The molecule has 1 N–H and O–H groups in total. The Morgan fingerprint density at radius 3 is 2.84 bits per heavy atom. The maximum Gasteiger partial charge on any atom is 0.249 e. The summed E-state index contributed by atoms with van der Waals surface area (Å²) >= 11 is 0. The van der Waals surface area contributed by atoms with Crippen LogP contribution in [0.5, 0.6) is 0 Å². The van der Waals surface area contributed by atoms with Crippen LogP contribution in [0, 0.1) is 5.92 Å². The van der Waals surface area contributed by atoms with Crippen molar-refractivity contribution in [3.05, 3.63) is 48.5 Å². The van der Waals surface area contributed by atoms with E-state index >= 15 is 0 Å². The Hall–Kier alpha value is -2.54. The van der Waals surface area contributed by atoms with Crippen LogP contribution in [-0.4, -0.2) is 46.2 Å². The zero-order valence-electron chi connectivity index (χ0n) is 13.9. The number of amides is 1. The van der Waals surface area contributed by atoms with E-state index in [-0.39, 0.29) is 18.1 Å². The monoisotopic (exact) mass is 339 g/mol. The summed E-state index contributed by atoms with van der Waals surface area (Å²) in [5.41, 5.74) is 0.846. The first-order chi connectivity index (χ1) is 12.3. The number of hydrogen-bond donors (Lipinski definition) is 1. The normalized spacial score (nSPS) is 25.4. The van der Waals surface area contributed by atoms with Gasteiger partial charge in [-0.05, 0) is 37.0 Å². The Balaban J connectivity index is 1.32. The molecule has 7 heteroatoms. The number of pyridine rings is 1. The average molecular weight is 339 g/mol. The SMILES string of the molecule is O=C(NCc1ccccn1)[C@@H]1C[C@@H]2CCN(c3ncccn3)C[C@@H]2O1. The van der Waals surface area contributed by atoms with E-state index in [1.54, 1.807) is 18.6 Å². The van der Waals surface area contributed by atoms with Crippen molar-refractivity contribution in [3.63, 3.8) is 0 Å². The summed E-state index contributed by atoms with van der Waals surface area (Å²) in [7, 11) is 0. The number of hydrogen-bond acceptors (Lipinski definition) is 6. The van der Waals surface area contributed by atoms with Crippen LogP contribution in [0.2, 0.25) is 0 Å². The van der Waals surface area contributed by atoms with Crippen molar-refractivity contribution in [2.45, 2.75) is 31.6 Å². The molecule has 2 saturated heterocycles. The van der Waals surface area contributed by atoms with Crippen molar-refractivity contribution in [1.29, 1.82) is 0 Å². The maximum atomic E-state index is 12.4. The molecule has 130 valence electrons. The number of fused-ring (bicyclic) bond motifs is 1. The Morgan fingerprint density at radius 1 is 1.20 bits per heavy atom. The van der Waals surface area contributed by atoms with E-state index < -0.39 is 0 Å². The third-order valence-electron chi connectivity index (χ3n) is 4.85. The van der Waals surface area contributed by atoms with Crippen molar-refractivity contribution in [3.8, 4) is 0 Å². The van der Waals surface area contributed by atoms with Crippen molar-refractivity contribution < 1.29 is 9.53 Å². The highest BCUT2D eigenvalue weighted by Gasteiger charge is 2.42. The van der Waals surface area contributed by atoms with Gasteiger partial charge in [-0.1, -0.05) is 6.07 Å². The molecule has 7 nitrogen and oxygen atoms in total. The topological polar surface area (TPSA) is 80.2 Å². The summed E-state index contributed by atoms with van der Waals surface area (Å²) in [5, 5.41) is 2.93. The molecule has 0 saturated carbocycles. The van der Waals surface area contributed by atoms with Gasteiger partial charge in [-0.2, -0.15) is 0 Å². The summed E-state index contributed by atoms with van der Waals surface area (Å²) in [4.78, 5) is 27.4. The highest BCUT2D eigenvalue weighted by Crippen LogP contribution is 2.34. The molecule has 4 rings (SSSR count). The first-order valence-corrected chi connectivity index (χ1v) is 8.64. The second kappa shape index (κ2) is 7.14. The number of aromatic nitrogens is 3. The van der Waals surface area contributed by atoms with E-state index in [2.05, 4.69) is 25.2 Å². The molecule has 2 aliphatic rings. The quantitative estimate of drug-likeness (QED) is 0.901. The molecule has 0 radical (unpaired) electrons. The molecule has 1 amide bonds. The van der Waals surface area contributed by atoms with Crippen LogP contribution in [0.4, 0.5) is 5.95 Å². The van der Waals surface area contributed by atoms with Crippen molar-refractivity contribution in [2.75, 3.05) is 18.0 Å². The number of carbonyl (C=O) groups excluding carboxylic acids is 1. The van der Waals surface area contributed by atoms with E-state index in [9.17, 15) is 4.79 Å². The number of nitrogens with zero attached hydrogens (tertiary/aromatic N) is 4. The summed E-state index contributed by atoms with van der Waals surface area (Å²) in [5.74, 6) is 1.10. The lowest BCUT2D eigenvalue weighted by Crippen LogP contribution is -2.43. The van der Waals surface area contributed by atoms with Crippen LogP contribution < -0.4 is 10.2 Å². The predicted molar refractivity (Wildman–Crippen MR) is 91.7 cm³/mol. The molecule has 3 atom stereocenters. The van der Waals surface area contributed by atoms with Crippen molar-refractivity contribution >= 4 is 11.9 Å². The number of nitrogens with one attached hydrogen (secondary N) is 1. The summed E-state index contributed by atoms with van der Waals surface area (Å²) < 4.78 is 6.04. The standard InChI is InChI=1S/C18H21N5O2/c24-17(22-11-14-4-1-2-6-19-14)15-10-13-5-9-23(12-16(13)25-15)18-20-7-3-8-21-18/h1-4,6-8,13,15-16H,5,9-12H2,(H,22,24)/t13-,15-,16-/m0/s1. The van der Waals surface area contributed by atoms with Gasteiger partial charge in [0.15, 0.2) is 0 Å². The highest BCUT2D eigenvalue weighted by molar-refractivity contribution is 5.81. The summed E-state index contributed by atoms with van der Waals surface area (Å²) in [6.07, 6.45) is 6.67. The Morgan fingerprint density at radius 2 is 2.04 bits per heavy atom. The second-order valence-electron chi connectivity index (χ2n) is 6.48. The molecule has 2 aromatic rings. The van der Waals surface area contributed by atoms with Crippen LogP contribution in [0.25, 0.3) is 0 Å². The van der Waals surface area contributed by atoms with Crippen LogP contribution in [0.3, 0.4) is 0 Å². The molecule has 0 spiro atoms. The predicted octanol–water partition coefficient (Wildman–Crippen LogP) is 1.17. The third-order valence-corrected chi connectivity index (χ3v) is 4.85. The lowest BCUT2D eigenvalue weighted by molar-refractivity contribution is -0.132. The van der Waals surface area contributed by atoms with Crippen LogP contribution in [0.1, 0.15) is 18.5 Å². The van der Waals surface area contributed by atoms with Crippen molar-refractivity contribution in [2.24, 2.45) is 5.92 Å². The number of carbonyl (C=O) groups is 1. The number of rotatable bonds is 4. The van der Waals surface area contributed by atoms with E-state index in [4.69, 9.17) is 4.74 Å². The molecule has 2 fully saturated rings. The molecule has 0 bridgehead atoms. The van der Waals surface area contributed by atoms with Gasteiger partial charge < -0.3 is 15.0 Å². The molecule has 0 aromatic carbocycles. The van der Waals surface area contributed by atoms with Crippen molar-refractivity contribution in [1.82, 2.24) is 20.3 Å². The number of piperidine rings is 1. The zero-order valence-corrected chi connectivity index (χ0v) is 13.9. The zero-order chi connectivity index (χ0) is 17.1. The molecule has 2 aromatic heterocycles. The van der Waals surface area contributed by atoms with E-state index in [1.807, 2.05) is 24.3 Å². The minimum Gasteiger partial charge on any atom is -0.363 e. The molecule has 0 aliphatic carbocycles. The molecule has 25 heavy (non-hydrogen) atoms. The van der Waals surface area contributed by atoms with Gasteiger partial charge in [0.2, 0.25) is 11.9 Å². The minimum absolute atomic E-state index is 0.0532. The highest BCUT2D eigenvalue weighted by atomic mass is 16.5. The van der Waals surface area contributed by atoms with Gasteiger partial charge in [0.1, 0.15) is 6.10 Å². The fourth-order valence-electron chi connectivity index (χ4n) is 3.53. The fourth-order valence-corrected chi connectivity index (χ4v) is 3.53. The largest absolute Gasteiger partial charge is 0.363 e. The van der Waals surface area contributed by atoms with Crippen LogP contribution >= 0.6 is 0 Å². The molecular weight excluding hydrogens is 318 g/mol. The smallest absolute Gasteiger partial charge is 0.249 e. The molecular formula is C18H21N5O2. The van der Waals surface area contributed by atoms with Gasteiger partial charge in [-0.3, -0.25) is 9.78 Å². The molecule has 4 heterocycles. The third kappa shape index (κ3) is 3.61. The van der Waals surface area contributed by atoms with Gasteiger partial charge in [-0.25, -0.2) is 9.97 Å². The lowest BCUT2D eigenvalue weighted by atomic mass is 9.92. The van der Waals surface area contributed by atoms with E-state index in [0.717, 1.165) is 37.6 Å².